The highest BCUT2D eigenvalue weighted by molar-refractivity contribution is 5.91. The topological polar surface area (TPSA) is 79.5 Å². The van der Waals surface area contributed by atoms with Crippen LogP contribution in [0.25, 0.3) is 5.57 Å². The second kappa shape index (κ2) is 7.61. The van der Waals surface area contributed by atoms with Crippen molar-refractivity contribution in [1.82, 2.24) is 9.88 Å². The van der Waals surface area contributed by atoms with E-state index in [-0.39, 0.29) is 18.1 Å². The van der Waals surface area contributed by atoms with Crippen molar-refractivity contribution in [3.8, 4) is 0 Å². The zero-order chi connectivity index (χ0) is 17.6. The summed E-state index contributed by atoms with van der Waals surface area (Å²) in [5.74, 6) is -1.07. The first kappa shape index (κ1) is 16.7. The van der Waals surface area contributed by atoms with Crippen molar-refractivity contribution in [3.63, 3.8) is 0 Å². The molecule has 1 aromatic heterocycles. The average molecular weight is 338 g/mol. The smallest absolute Gasteiger partial charge is 0.344 e. The molecule has 128 valence electrons. The van der Waals surface area contributed by atoms with Crippen molar-refractivity contribution in [2.75, 3.05) is 19.7 Å². The molecule has 2 heterocycles. The second-order valence-corrected chi connectivity index (χ2v) is 5.67. The molecule has 1 aliphatic rings. The van der Waals surface area contributed by atoms with Crippen LogP contribution in [0, 0.1) is 0 Å². The van der Waals surface area contributed by atoms with E-state index in [2.05, 4.69) is 4.98 Å². The summed E-state index contributed by atoms with van der Waals surface area (Å²) in [6.45, 7) is 0.678. The van der Waals surface area contributed by atoms with Crippen molar-refractivity contribution in [3.05, 3.63) is 76.2 Å². The molecule has 6 nitrogen and oxygen atoms in total. The van der Waals surface area contributed by atoms with E-state index in [1.54, 1.807) is 4.90 Å². The van der Waals surface area contributed by atoms with Gasteiger partial charge in [-0.1, -0.05) is 36.4 Å². The Morgan fingerprint density at radius 2 is 1.92 bits per heavy atom. The number of carbonyl (C=O) groups is 2. The predicted octanol–water partition coefficient (Wildman–Crippen LogP) is 1.85. The summed E-state index contributed by atoms with van der Waals surface area (Å²) in [6, 6.07) is 12.9. The molecule has 6 heteroatoms. The van der Waals surface area contributed by atoms with E-state index in [1.807, 2.05) is 36.4 Å². The molecule has 0 bridgehead atoms. The van der Waals surface area contributed by atoms with Gasteiger partial charge in [0.05, 0.1) is 0 Å². The maximum absolute atomic E-state index is 12.2. The van der Waals surface area contributed by atoms with Crippen LogP contribution in [-0.2, 0) is 9.53 Å². The van der Waals surface area contributed by atoms with E-state index in [0.29, 0.717) is 13.1 Å². The number of carbonyl (C=O) groups excluding carboxylic acids is 2. The Morgan fingerprint density at radius 1 is 1.12 bits per heavy atom. The van der Waals surface area contributed by atoms with Crippen LogP contribution in [0.4, 0.5) is 0 Å². The molecule has 0 radical (unpaired) electrons. The number of H-pyrrole nitrogens is 1. The van der Waals surface area contributed by atoms with E-state index in [9.17, 15) is 14.4 Å². The number of nitrogens with one attached hydrogen (secondary N) is 1. The van der Waals surface area contributed by atoms with Crippen molar-refractivity contribution in [2.24, 2.45) is 0 Å². The first-order valence-corrected chi connectivity index (χ1v) is 8.02. The fraction of sp³-hybridized carbons (Fsp3) is 0.211. The van der Waals surface area contributed by atoms with Crippen LogP contribution in [-0.4, -0.2) is 41.5 Å². The van der Waals surface area contributed by atoms with Crippen molar-refractivity contribution in [1.29, 1.82) is 0 Å². The summed E-state index contributed by atoms with van der Waals surface area (Å²) < 4.78 is 4.96. The lowest BCUT2D eigenvalue weighted by molar-refractivity contribution is -0.134. The Bertz CT molecular complexity index is 855. The number of esters is 1. The molecule has 1 aromatic carbocycles. The van der Waals surface area contributed by atoms with Crippen LogP contribution in [0.5, 0.6) is 0 Å². The summed E-state index contributed by atoms with van der Waals surface area (Å²) in [7, 11) is 0. The number of rotatable bonds is 4. The molecular formula is C19H18N2O4. The Labute approximate surface area is 144 Å². The number of aromatic nitrogens is 1. The Kier molecular flexibility index (Phi) is 5.09. The molecule has 0 atom stereocenters. The number of ether oxygens (including phenoxy) is 1. The molecule has 0 saturated carbocycles. The number of aromatic amines is 1. The van der Waals surface area contributed by atoms with Crippen LogP contribution >= 0.6 is 0 Å². The zero-order valence-corrected chi connectivity index (χ0v) is 13.6. The van der Waals surface area contributed by atoms with Crippen LogP contribution in [0.15, 0.2) is 59.5 Å². The molecular weight excluding hydrogens is 320 g/mol. The van der Waals surface area contributed by atoms with Gasteiger partial charge in [0.2, 0.25) is 0 Å². The molecule has 0 fully saturated rings. The van der Waals surface area contributed by atoms with Gasteiger partial charge in [-0.2, -0.15) is 0 Å². The van der Waals surface area contributed by atoms with Crippen molar-refractivity contribution >= 4 is 17.4 Å². The molecule has 1 N–H and O–H groups in total. The molecule has 1 aliphatic heterocycles. The maximum atomic E-state index is 12.2. The number of hydrogen-bond donors (Lipinski definition) is 1. The average Bonchev–Trinajstić information content (AvgIpc) is 2.67. The number of pyridine rings is 1. The largest absolute Gasteiger partial charge is 0.452 e. The third-order valence-corrected chi connectivity index (χ3v) is 4.07. The van der Waals surface area contributed by atoms with Crippen molar-refractivity contribution < 1.29 is 14.3 Å². The molecule has 2 aromatic rings. The first-order chi connectivity index (χ1) is 12.1. The SMILES string of the molecule is O=C(OCC(=O)N1CC=C(c2ccccc2)CC1)c1ccc[nH]c1=O. The van der Waals surface area contributed by atoms with Gasteiger partial charge in [-0.3, -0.25) is 9.59 Å². The van der Waals surface area contributed by atoms with Crippen LogP contribution in [0.1, 0.15) is 22.3 Å². The highest BCUT2D eigenvalue weighted by atomic mass is 16.5. The minimum absolute atomic E-state index is 0.111. The lowest BCUT2D eigenvalue weighted by atomic mass is 10.00. The van der Waals surface area contributed by atoms with Gasteiger partial charge in [0.1, 0.15) is 5.56 Å². The Balaban J connectivity index is 1.55. The van der Waals surface area contributed by atoms with Gasteiger partial charge in [0, 0.05) is 19.3 Å². The normalized spacial score (nSPS) is 13.9. The summed E-state index contributed by atoms with van der Waals surface area (Å²) in [5, 5.41) is 0. The van der Waals surface area contributed by atoms with E-state index in [0.717, 1.165) is 12.0 Å². The molecule has 1 amide bonds. The molecule has 0 saturated heterocycles. The third-order valence-electron chi connectivity index (χ3n) is 4.07. The van der Waals surface area contributed by atoms with Gasteiger partial charge in [0.15, 0.2) is 6.61 Å². The van der Waals surface area contributed by atoms with Crippen LogP contribution < -0.4 is 5.56 Å². The van der Waals surface area contributed by atoms with Crippen LogP contribution in [0.2, 0.25) is 0 Å². The minimum Gasteiger partial charge on any atom is -0.452 e. The number of amides is 1. The standard InChI is InChI=1S/C19H18N2O4/c22-17(13-25-19(24)16-7-4-10-20-18(16)23)21-11-8-15(9-12-21)14-5-2-1-3-6-14/h1-8,10H,9,11-13H2,(H,20,23). The highest BCUT2D eigenvalue weighted by Crippen LogP contribution is 2.21. The highest BCUT2D eigenvalue weighted by Gasteiger charge is 2.20. The maximum Gasteiger partial charge on any atom is 0.344 e. The molecule has 3 rings (SSSR count). The summed E-state index contributed by atoms with van der Waals surface area (Å²) >= 11 is 0. The van der Waals surface area contributed by atoms with E-state index in [4.69, 9.17) is 4.74 Å². The lowest BCUT2D eigenvalue weighted by Crippen LogP contribution is -2.37. The predicted molar refractivity (Wildman–Crippen MR) is 93.0 cm³/mol. The van der Waals surface area contributed by atoms with Gasteiger partial charge < -0.3 is 14.6 Å². The Morgan fingerprint density at radius 3 is 2.60 bits per heavy atom. The van der Waals surface area contributed by atoms with Crippen molar-refractivity contribution in [2.45, 2.75) is 6.42 Å². The summed E-state index contributed by atoms with van der Waals surface area (Å²) in [4.78, 5) is 39.6. The minimum atomic E-state index is -0.798. The van der Waals surface area contributed by atoms with E-state index >= 15 is 0 Å². The van der Waals surface area contributed by atoms with E-state index < -0.39 is 11.5 Å². The first-order valence-electron chi connectivity index (χ1n) is 8.02. The van der Waals surface area contributed by atoms with Crippen LogP contribution in [0.3, 0.4) is 0 Å². The molecule has 0 unspecified atom stereocenters. The summed E-state index contributed by atoms with van der Waals surface area (Å²) in [6.07, 6.45) is 4.19. The third kappa shape index (κ3) is 4.03. The summed E-state index contributed by atoms with van der Waals surface area (Å²) in [5.41, 5.74) is 1.72. The van der Waals surface area contributed by atoms with Gasteiger partial charge in [0.25, 0.3) is 11.5 Å². The molecule has 0 aliphatic carbocycles. The number of nitrogens with zero attached hydrogens (tertiary/aromatic N) is 1. The Hall–Kier alpha value is -3.15. The van der Waals surface area contributed by atoms with Gasteiger partial charge in [-0.25, -0.2) is 4.79 Å². The van der Waals surface area contributed by atoms with Gasteiger partial charge >= 0.3 is 5.97 Å². The quantitative estimate of drug-likeness (QED) is 0.863. The second-order valence-electron chi connectivity index (χ2n) is 5.67. The molecule has 0 spiro atoms. The number of benzene rings is 1. The monoisotopic (exact) mass is 338 g/mol. The van der Waals surface area contributed by atoms with Gasteiger partial charge in [-0.05, 0) is 29.7 Å². The lowest BCUT2D eigenvalue weighted by Gasteiger charge is -2.26. The zero-order valence-electron chi connectivity index (χ0n) is 13.6. The number of hydrogen-bond acceptors (Lipinski definition) is 4. The van der Waals surface area contributed by atoms with Gasteiger partial charge in [-0.15, -0.1) is 0 Å². The fourth-order valence-corrected chi connectivity index (χ4v) is 2.69. The van der Waals surface area contributed by atoms with E-state index in [1.165, 1.54) is 23.9 Å². The fourth-order valence-electron chi connectivity index (χ4n) is 2.69. The molecule has 25 heavy (non-hydrogen) atoms.